The molecule has 3 N–H and O–H groups in total. The Balaban J connectivity index is 0.00000196. The Kier molecular flexibility index (Phi) is 7.72. The zero-order valence-electron chi connectivity index (χ0n) is 8.20. The van der Waals surface area contributed by atoms with Gasteiger partial charge in [-0.25, -0.2) is 0 Å². The van der Waals surface area contributed by atoms with Crippen molar-refractivity contribution >= 4 is 40.9 Å². The first-order chi connectivity index (χ1) is 6.72. The summed E-state index contributed by atoms with van der Waals surface area (Å²) in [4.78, 5) is 11.3. The lowest BCUT2D eigenvalue weighted by Crippen LogP contribution is -2.30. The van der Waals surface area contributed by atoms with E-state index in [0.717, 1.165) is 9.13 Å². The maximum Gasteiger partial charge on any atom is 0.224 e. The molecule has 0 aliphatic carbocycles. The molecule has 3 nitrogen and oxygen atoms in total. The summed E-state index contributed by atoms with van der Waals surface area (Å²) in [6.45, 7) is 1.03. The van der Waals surface area contributed by atoms with Crippen molar-refractivity contribution in [2.45, 2.75) is 6.42 Å². The van der Waals surface area contributed by atoms with Crippen molar-refractivity contribution in [3.8, 4) is 0 Å². The topological polar surface area (TPSA) is 55.1 Å². The normalized spacial score (nSPS) is 9.20. The fourth-order valence-corrected chi connectivity index (χ4v) is 1.71. The minimum absolute atomic E-state index is 0. The van der Waals surface area contributed by atoms with Crippen LogP contribution in [0, 0.1) is 3.57 Å². The number of amides is 1. The van der Waals surface area contributed by atoms with Crippen LogP contribution in [0.25, 0.3) is 0 Å². The summed E-state index contributed by atoms with van der Waals surface area (Å²) in [6, 6.07) is 7.90. The Bertz CT molecular complexity index is 320. The van der Waals surface area contributed by atoms with E-state index in [-0.39, 0.29) is 18.3 Å². The van der Waals surface area contributed by atoms with Gasteiger partial charge in [0.1, 0.15) is 0 Å². The van der Waals surface area contributed by atoms with Crippen LogP contribution >= 0.6 is 35.0 Å². The van der Waals surface area contributed by atoms with Crippen molar-refractivity contribution in [1.29, 1.82) is 0 Å². The highest BCUT2D eigenvalue weighted by molar-refractivity contribution is 14.1. The summed E-state index contributed by atoms with van der Waals surface area (Å²) in [5.74, 6) is 0.0254. The molecule has 0 aromatic heterocycles. The van der Waals surface area contributed by atoms with E-state index >= 15 is 0 Å². The number of halogens is 2. The zero-order valence-corrected chi connectivity index (χ0v) is 11.2. The summed E-state index contributed by atoms with van der Waals surface area (Å²) >= 11 is 2.23. The highest BCUT2D eigenvalue weighted by Crippen LogP contribution is 2.07. The SMILES string of the molecule is Cl.NCCNC(=O)Cc1cccc(I)c1. The van der Waals surface area contributed by atoms with Gasteiger partial charge in [0.25, 0.3) is 0 Å². The fourth-order valence-electron chi connectivity index (χ4n) is 1.11. The number of benzene rings is 1. The van der Waals surface area contributed by atoms with E-state index in [2.05, 4.69) is 27.9 Å². The average Bonchev–Trinajstić information content (AvgIpc) is 2.15. The van der Waals surface area contributed by atoms with Crippen LogP contribution < -0.4 is 11.1 Å². The highest BCUT2D eigenvalue weighted by atomic mass is 127. The molecule has 84 valence electrons. The predicted molar refractivity (Wildman–Crippen MR) is 72.2 cm³/mol. The average molecular weight is 341 g/mol. The number of nitrogens with two attached hydrogens (primary N) is 1. The van der Waals surface area contributed by atoms with E-state index in [1.165, 1.54) is 0 Å². The van der Waals surface area contributed by atoms with E-state index < -0.39 is 0 Å². The third-order valence-corrected chi connectivity index (χ3v) is 2.39. The smallest absolute Gasteiger partial charge is 0.224 e. The van der Waals surface area contributed by atoms with Crippen molar-refractivity contribution in [1.82, 2.24) is 5.32 Å². The monoisotopic (exact) mass is 340 g/mol. The highest BCUT2D eigenvalue weighted by Gasteiger charge is 2.01. The quantitative estimate of drug-likeness (QED) is 0.813. The molecule has 0 aliphatic rings. The molecular formula is C10H14ClIN2O. The Morgan fingerprint density at radius 2 is 2.20 bits per heavy atom. The van der Waals surface area contributed by atoms with Crippen molar-refractivity contribution in [3.05, 3.63) is 33.4 Å². The van der Waals surface area contributed by atoms with Crippen LogP contribution in [-0.2, 0) is 11.2 Å². The van der Waals surface area contributed by atoms with Crippen molar-refractivity contribution in [2.75, 3.05) is 13.1 Å². The molecule has 0 bridgehead atoms. The van der Waals surface area contributed by atoms with Gasteiger partial charge in [-0.2, -0.15) is 0 Å². The summed E-state index contributed by atoms with van der Waals surface area (Å²) < 4.78 is 1.15. The Morgan fingerprint density at radius 3 is 2.80 bits per heavy atom. The van der Waals surface area contributed by atoms with Crippen molar-refractivity contribution < 1.29 is 4.79 Å². The first kappa shape index (κ1) is 14.7. The molecule has 0 heterocycles. The van der Waals surface area contributed by atoms with E-state index in [1.54, 1.807) is 0 Å². The van der Waals surface area contributed by atoms with Gasteiger partial charge in [-0.1, -0.05) is 12.1 Å². The lowest BCUT2D eigenvalue weighted by molar-refractivity contribution is -0.120. The molecule has 5 heteroatoms. The molecular weight excluding hydrogens is 326 g/mol. The van der Waals surface area contributed by atoms with Crippen LogP contribution in [0.4, 0.5) is 0 Å². The number of hydrogen-bond donors (Lipinski definition) is 2. The molecule has 0 fully saturated rings. The number of rotatable bonds is 4. The van der Waals surface area contributed by atoms with Crippen LogP contribution in [0.15, 0.2) is 24.3 Å². The van der Waals surface area contributed by atoms with E-state index in [0.29, 0.717) is 19.5 Å². The van der Waals surface area contributed by atoms with Gasteiger partial charge < -0.3 is 11.1 Å². The minimum Gasteiger partial charge on any atom is -0.355 e. The Labute approximate surface area is 109 Å². The van der Waals surface area contributed by atoms with Gasteiger partial charge in [0, 0.05) is 16.7 Å². The van der Waals surface area contributed by atoms with Crippen molar-refractivity contribution in [3.63, 3.8) is 0 Å². The molecule has 0 spiro atoms. The van der Waals surface area contributed by atoms with Crippen LogP contribution in [0.5, 0.6) is 0 Å². The van der Waals surface area contributed by atoms with Crippen LogP contribution in [0.3, 0.4) is 0 Å². The molecule has 0 saturated heterocycles. The fraction of sp³-hybridized carbons (Fsp3) is 0.300. The Hall–Kier alpha value is -0.330. The molecule has 0 aliphatic heterocycles. The van der Waals surface area contributed by atoms with Gasteiger partial charge in [0.2, 0.25) is 5.91 Å². The van der Waals surface area contributed by atoms with Crippen LogP contribution in [-0.4, -0.2) is 19.0 Å². The van der Waals surface area contributed by atoms with Gasteiger partial charge in [-0.3, -0.25) is 4.79 Å². The maximum absolute atomic E-state index is 11.3. The van der Waals surface area contributed by atoms with Gasteiger partial charge in [0.15, 0.2) is 0 Å². The minimum atomic E-state index is 0. The van der Waals surface area contributed by atoms with Crippen LogP contribution in [0.1, 0.15) is 5.56 Å². The molecule has 0 unspecified atom stereocenters. The summed E-state index contributed by atoms with van der Waals surface area (Å²) in [7, 11) is 0. The second-order valence-electron chi connectivity index (χ2n) is 2.95. The van der Waals surface area contributed by atoms with E-state index in [9.17, 15) is 4.79 Å². The van der Waals surface area contributed by atoms with Gasteiger partial charge in [0.05, 0.1) is 6.42 Å². The summed E-state index contributed by atoms with van der Waals surface area (Å²) in [5, 5.41) is 2.73. The second-order valence-corrected chi connectivity index (χ2v) is 4.19. The third kappa shape index (κ3) is 5.96. The molecule has 1 amide bonds. The Morgan fingerprint density at radius 1 is 1.47 bits per heavy atom. The molecule has 1 aromatic rings. The maximum atomic E-state index is 11.3. The third-order valence-electron chi connectivity index (χ3n) is 1.72. The number of carbonyl (C=O) groups is 1. The summed E-state index contributed by atoms with van der Waals surface area (Å²) in [6.07, 6.45) is 0.427. The van der Waals surface area contributed by atoms with Gasteiger partial charge in [-0.15, -0.1) is 12.4 Å². The first-order valence-corrected chi connectivity index (χ1v) is 5.51. The standard InChI is InChI=1S/C10H13IN2O.ClH/c11-9-3-1-2-8(6-9)7-10(14)13-5-4-12;/h1-3,6H,4-5,7,12H2,(H,13,14);1H. The molecule has 0 radical (unpaired) electrons. The molecule has 1 aromatic carbocycles. The second kappa shape index (κ2) is 7.90. The lowest BCUT2D eigenvalue weighted by atomic mass is 10.1. The number of carbonyl (C=O) groups excluding carboxylic acids is 1. The van der Waals surface area contributed by atoms with Crippen LogP contribution in [0.2, 0.25) is 0 Å². The molecule has 1 rings (SSSR count). The van der Waals surface area contributed by atoms with E-state index in [1.807, 2.05) is 24.3 Å². The largest absolute Gasteiger partial charge is 0.355 e. The van der Waals surface area contributed by atoms with Gasteiger partial charge >= 0.3 is 0 Å². The number of hydrogen-bond acceptors (Lipinski definition) is 2. The lowest BCUT2D eigenvalue weighted by Gasteiger charge is -2.03. The predicted octanol–water partition coefficient (Wildman–Crippen LogP) is 1.33. The summed E-state index contributed by atoms with van der Waals surface area (Å²) in [5.41, 5.74) is 6.31. The van der Waals surface area contributed by atoms with Gasteiger partial charge in [-0.05, 0) is 40.3 Å². The first-order valence-electron chi connectivity index (χ1n) is 4.43. The molecule has 0 saturated carbocycles. The molecule has 15 heavy (non-hydrogen) atoms. The number of nitrogens with one attached hydrogen (secondary N) is 1. The van der Waals surface area contributed by atoms with Crippen molar-refractivity contribution in [2.24, 2.45) is 5.73 Å². The zero-order chi connectivity index (χ0) is 10.4. The van der Waals surface area contributed by atoms with E-state index in [4.69, 9.17) is 5.73 Å². The molecule has 0 atom stereocenters.